The van der Waals surface area contributed by atoms with Crippen molar-refractivity contribution >= 4 is 33.4 Å². The molecule has 140 valence electrons. The minimum absolute atomic E-state index is 0.208. The third-order valence-electron chi connectivity index (χ3n) is 4.16. The summed E-state index contributed by atoms with van der Waals surface area (Å²) >= 11 is 0.507. The molecule has 1 aliphatic heterocycles. The van der Waals surface area contributed by atoms with E-state index in [4.69, 9.17) is 0 Å². The number of rotatable bonds is 2. The van der Waals surface area contributed by atoms with Crippen molar-refractivity contribution in [1.82, 2.24) is 25.1 Å². The van der Waals surface area contributed by atoms with Gasteiger partial charge in [-0.05, 0) is 12.1 Å². The molecule has 1 saturated heterocycles. The van der Waals surface area contributed by atoms with Crippen molar-refractivity contribution in [3.8, 4) is 0 Å². The third-order valence-corrected chi connectivity index (χ3v) is 5.19. The van der Waals surface area contributed by atoms with Crippen molar-refractivity contribution in [3.05, 3.63) is 41.2 Å². The first kappa shape index (κ1) is 17.6. The third kappa shape index (κ3) is 3.54. The number of fused-ring (bicyclic) bond motifs is 1. The molecule has 4 rings (SSSR count). The number of amides is 1. The smallest absolute Gasteiger partial charge is 0.343 e. The number of benzene rings is 1. The summed E-state index contributed by atoms with van der Waals surface area (Å²) in [6.45, 7) is 1.46. The molecule has 27 heavy (non-hydrogen) atoms. The largest absolute Gasteiger partial charge is 0.445 e. The van der Waals surface area contributed by atoms with Gasteiger partial charge in [-0.3, -0.25) is 9.78 Å². The predicted molar refractivity (Wildman–Crippen MR) is 92.6 cm³/mol. The van der Waals surface area contributed by atoms with Crippen molar-refractivity contribution < 1.29 is 18.0 Å². The van der Waals surface area contributed by atoms with E-state index in [-0.39, 0.29) is 16.7 Å². The van der Waals surface area contributed by atoms with Gasteiger partial charge in [0, 0.05) is 26.2 Å². The Morgan fingerprint density at radius 2 is 1.74 bits per heavy atom. The van der Waals surface area contributed by atoms with E-state index in [0.717, 1.165) is 0 Å². The Morgan fingerprint density at radius 3 is 2.41 bits per heavy atom. The number of hydrogen-bond donors (Lipinski definition) is 0. The molecule has 3 aromatic rings. The number of nitrogens with zero attached hydrogens (tertiary/aromatic N) is 6. The summed E-state index contributed by atoms with van der Waals surface area (Å²) in [5.41, 5.74) is 1.59. The highest BCUT2D eigenvalue weighted by Gasteiger charge is 2.36. The van der Waals surface area contributed by atoms with E-state index < -0.39 is 11.2 Å². The van der Waals surface area contributed by atoms with Crippen LogP contribution in [0.4, 0.5) is 18.3 Å². The number of hydrogen-bond acceptors (Lipinski definition) is 7. The van der Waals surface area contributed by atoms with Gasteiger partial charge in [-0.1, -0.05) is 23.5 Å². The summed E-state index contributed by atoms with van der Waals surface area (Å²) in [4.78, 5) is 24.5. The fraction of sp³-hybridized carbons (Fsp3) is 0.312. The van der Waals surface area contributed by atoms with Gasteiger partial charge >= 0.3 is 6.18 Å². The quantitative estimate of drug-likeness (QED) is 0.665. The Morgan fingerprint density at radius 1 is 1.04 bits per heavy atom. The lowest BCUT2D eigenvalue weighted by atomic mass is 10.2. The molecule has 11 heteroatoms. The normalized spacial score (nSPS) is 15.4. The fourth-order valence-electron chi connectivity index (χ4n) is 2.78. The Labute approximate surface area is 155 Å². The second-order valence-electron chi connectivity index (χ2n) is 5.91. The SMILES string of the molecule is O=C(c1cnc2ccccc2n1)N1CCN(c2nnc(C(F)(F)F)s2)CC1. The maximum Gasteiger partial charge on any atom is 0.445 e. The first-order chi connectivity index (χ1) is 12.9. The van der Waals surface area contributed by atoms with Gasteiger partial charge in [-0.2, -0.15) is 13.2 Å². The van der Waals surface area contributed by atoms with Crippen LogP contribution in [-0.2, 0) is 6.18 Å². The van der Waals surface area contributed by atoms with Crippen molar-refractivity contribution in [2.45, 2.75) is 6.18 Å². The second-order valence-corrected chi connectivity index (χ2v) is 6.87. The van der Waals surface area contributed by atoms with Gasteiger partial charge in [0.25, 0.3) is 5.91 Å². The number of alkyl halides is 3. The van der Waals surface area contributed by atoms with Crippen LogP contribution in [0.1, 0.15) is 15.5 Å². The van der Waals surface area contributed by atoms with Gasteiger partial charge < -0.3 is 9.80 Å². The number of aromatic nitrogens is 4. The highest BCUT2D eigenvalue weighted by molar-refractivity contribution is 7.15. The highest BCUT2D eigenvalue weighted by Crippen LogP contribution is 2.34. The van der Waals surface area contributed by atoms with Gasteiger partial charge in [0.2, 0.25) is 10.1 Å². The van der Waals surface area contributed by atoms with Crippen molar-refractivity contribution in [2.24, 2.45) is 0 Å². The van der Waals surface area contributed by atoms with E-state index in [1.54, 1.807) is 15.9 Å². The lowest BCUT2D eigenvalue weighted by Gasteiger charge is -2.34. The monoisotopic (exact) mass is 394 g/mol. The molecule has 0 aliphatic carbocycles. The summed E-state index contributed by atoms with van der Waals surface area (Å²) in [5, 5.41) is 6.05. The van der Waals surface area contributed by atoms with Crippen LogP contribution < -0.4 is 4.90 Å². The van der Waals surface area contributed by atoms with Crippen molar-refractivity contribution in [3.63, 3.8) is 0 Å². The van der Waals surface area contributed by atoms with Crippen LogP contribution in [0, 0.1) is 0 Å². The molecule has 0 spiro atoms. The summed E-state index contributed by atoms with van der Waals surface area (Å²) in [6, 6.07) is 7.26. The van der Waals surface area contributed by atoms with E-state index >= 15 is 0 Å². The topological polar surface area (TPSA) is 75.1 Å². The van der Waals surface area contributed by atoms with Gasteiger partial charge in [-0.15, -0.1) is 10.2 Å². The molecular formula is C16H13F3N6OS. The first-order valence-corrected chi connectivity index (χ1v) is 8.90. The van der Waals surface area contributed by atoms with Gasteiger partial charge in [-0.25, -0.2) is 4.98 Å². The van der Waals surface area contributed by atoms with Crippen molar-refractivity contribution in [1.29, 1.82) is 0 Å². The van der Waals surface area contributed by atoms with E-state index in [2.05, 4.69) is 20.2 Å². The van der Waals surface area contributed by atoms with Crippen LogP contribution in [0.2, 0.25) is 0 Å². The van der Waals surface area contributed by atoms with Gasteiger partial charge in [0.1, 0.15) is 5.69 Å². The zero-order valence-corrected chi connectivity index (χ0v) is 14.7. The lowest BCUT2D eigenvalue weighted by Crippen LogP contribution is -2.49. The Kier molecular flexibility index (Phi) is 4.38. The zero-order valence-electron chi connectivity index (χ0n) is 13.8. The number of para-hydroxylation sites is 2. The Bertz CT molecular complexity index is 983. The molecule has 1 aliphatic rings. The molecule has 0 atom stereocenters. The Balaban J connectivity index is 1.43. The molecule has 1 amide bonds. The maximum atomic E-state index is 12.7. The molecule has 1 aromatic carbocycles. The van der Waals surface area contributed by atoms with Crippen LogP contribution in [-0.4, -0.2) is 57.2 Å². The molecule has 1 fully saturated rings. The van der Waals surface area contributed by atoms with Crippen LogP contribution in [0.3, 0.4) is 0 Å². The van der Waals surface area contributed by atoms with Gasteiger partial charge in [0.15, 0.2) is 0 Å². The average molecular weight is 394 g/mol. The molecule has 0 saturated carbocycles. The van der Waals surface area contributed by atoms with E-state index in [1.165, 1.54) is 6.20 Å². The minimum Gasteiger partial charge on any atom is -0.343 e. The highest BCUT2D eigenvalue weighted by atomic mass is 32.1. The molecule has 3 heterocycles. The summed E-state index contributed by atoms with van der Waals surface area (Å²) in [6.07, 6.45) is -3.06. The molecule has 0 N–H and O–H groups in total. The molecule has 0 radical (unpaired) electrons. The van der Waals surface area contributed by atoms with Crippen LogP contribution in [0.5, 0.6) is 0 Å². The number of carbonyl (C=O) groups excluding carboxylic acids is 1. The molecule has 0 unspecified atom stereocenters. The van der Waals surface area contributed by atoms with Crippen molar-refractivity contribution in [2.75, 3.05) is 31.1 Å². The molecule has 0 bridgehead atoms. The fourth-order valence-corrected chi connectivity index (χ4v) is 3.54. The zero-order chi connectivity index (χ0) is 19.0. The average Bonchev–Trinajstić information content (AvgIpc) is 3.18. The molecule has 2 aromatic heterocycles. The maximum absolute atomic E-state index is 12.7. The van der Waals surface area contributed by atoms with Gasteiger partial charge in [0.05, 0.1) is 17.2 Å². The summed E-state index contributed by atoms with van der Waals surface area (Å²) in [5.74, 6) is -0.249. The van der Waals surface area contributed by atoms with Crippen LogP contribution in [0.25, 0.3) is 11.0 Å². The first-order valence-electron chi connectivity index (χ1n) is 8.08. The minimum atomic E-state index is -4.50. The number of halogens is 3. The standard InChI is InChI=1S/C16H13F3N6OS/c17-16(18,19)14-22-23-15(27-14)25-7-5-24(6-8-25)13(26)12-9-20-10-3-1-2-4-11(10)21-12/h1-4,9H,5-8H2. The summed E-state index contributed by atoms with van der Waals surface area (Å²) < 4.78 is 38.0. The molecular weight excluding hydrogens is 381 g/mol. The Hall–Kier alpha value is -2.82. The predicted octanol–water partition coefficient (Wildman–Crippen LogP) is 2.46. The van der Waals surface area contributed by atoms with E-state index in [9.17, 15) is 18.0 Å². The number of anilines is 1. The number of piperazine rings is 1. The second kappa shape index (κ2) is 6.72. The molecule has 7 nitrogen and oxygen atoms in total. The van der Waals surface area contributed by atoms with Crippen LogP contribution >= 0.6 is 11.3 Å². The summed E-state index contributed by atoms with van der Waals surface area (Å²) in [7, 11) is 0. The number of carbonyl (C=O) groups is 1. The lowest BCUT2D eigenvalue weighted by molar-refractivity contribution is -0.138. The van der Waals surface area contributed by atoms with Crippen LogP contribution in [0.15, 0.2) is 30.5 Å². The van der Waals surface area contributed by atoms with E-state index in [0.29, 0.717) is 48.5 Å². The van der Waals surface area contributed by atoms with E-state index in [1.807, 2.05) is 18.2 Å².